The molecule has 2 N–H and O–H groups in total. The molecule has 0 atom stereocenters. The summed E-state index contributed by atoms with van der Waals surface area (Å²) in [6.45, 7) is 1.91. The molecule has 0 amide bonds. The van der Waals surface area contributed by atoms with Gasteiger partial charge >= 0.3 is 5.97 Å². The number of aromatic nitrogens is 1. The molecule has 0 spiro atoms. The molecule has 0 fully saturated rings. The Morgan fingerprint density at radius 1 is 1.50 bits per heavy atom. The molecule has 0 saturated heterocycles. The number of carbonyl (C=O) groups is 1. The molecule has 2 rings (SSSR count). The quantitative estimate of drug-likeness (QED) is 0.686. The first-order chi connectivity index (χ1) is 10.5. The van der Waals surface area contributed by atoms with Crippen LogP contribution in [-0.2, 0) is 11.8 Å². The zero-order valence-corrected chi connectivity index (χ0v) is 13.5. The molecule has 114 valence electrons. The van der Waals surface area contributed by atoms with Gasteiger partial charge in [-0.2, -0.15) is 5.26 Å². The predicted octanol–water partition coefficient (Wildman–Crippen LogP) is 3.48. The number of ether oxygens (including phenoxy) is 1. The smallest absolute Gasteiger partial charge is 0.355 e. The summed E-state index contributed by atoms with van der Waals surface area (Å²) in [7, 11) is 1.66. The largest absolute Gasteiger partial charge is 0.461 e. The van der Waals surface area contributed by atoms with E-state index in [1.165, 1.54) is 0 Å². The summed E-state index contributed by atoms with van der Waals surface area (Å²) in [5, 5.41) is 10.6. The van der Waals surface area contributed by atoms with Crippen LogP contribution in [0.4, 0.5) is 0 Å². The van der Waals surface area contributed by atoms with Crippen molar-refractivity contribution in [2.24, 2.45) is 12.8 Å². The second kappa shape index (κ2) is 6.30. The van der Waals surface area contributed by atoms with Crippen LogP contribution in [0.3, 0.4) is 0 Å². The molecule has 0 aliphatic carbocycles. The van der Waals surface area contributed by atoms with Crippen LogP contribution in [0.25, 0.3) is 16.5 Å². The number of allylic oxidation sites excluding steroid dienone is 1. The molecular weight excluding hydrogens is 325 g/mol. The van der Waals surface area contributed by atoms with Gasteiger partial charge in [0.1, 0.15) is 11.8 Å². The minimum absolute atomic E-state index is 0.159. The van der Waals surface area contributed by atoms with Crippen LogP contribution in [0.15, 0.2) is 18.3 Å². The number of hydrogen-bond donors (Lipinski definition) is 1. The number of nitrogens with two attached hydrogens (primary N) is 1. The molecule has 0 radical (unpaired) electrons. The number of nitrogens with zero attached hydrogens (tertiary/aromatic N) is 2. The Balaban J connectivity index is 2.96. The fourth-order valence-electron chi connectivity index (χ4n) is 2.36. The third kappa shape index (κ3) is 2.41. The molecule has 0 bridgehead atoms. The van der Waals surface area contributed by atoms with E-state index >= 15 is 0 Å². The van der Waals surface area contributed by atoms with E-state index < -0.39 is 5.97 Å². The minimum atomic E-state index is -0.557. The van der Waals surface area contributed by atoms with Gasteiger partial charge in [0.05, 0.1) is 27.7 Å². The van der Waals surface area contributed by atoms with Crippen molar-refractivity contribution < 1.29 is 9.53 Å². The second-order valence-electron chi connectivity index (χ2n) is 4.45. The van der Waals surface area contributed by atoms with E-state index in [0.29, 0.717) is 26.5 Å². The van der Waals surface area contributed by atoms with E-state index in [4.69, 9.17) is 33.7 Å². The topological polar surface area (TPSA) is 81.0 Å². The van der Waals surface area contributed by atoms with Gasteiger partial charge in [0.25, 0.3) is 0 Å². The number of benzene rings is 1. The zero-order chi connectivity index (χ0) is 16.4. The molecule has 1 heterocycles. The normalized spacial score (nSPS) is 11.5. The SMILES string of the molecule is CCOC(=O)c1c(/C(C#N)=C\N)c2ccc(Cl)c(Cl)c2n1C. The van der Waals surface area contributed by atoms with Gasteiger partial charge in [0, 0.05) is 24.2 Å². The maximum Gasteiger partial charge on any atom is 0.355 e. The standard InChI is InChI=1S/C15H13Cl2N3O2/c1-3-22-15(21)14-11(8(6-18)7-19)9-4-5-10(16)12(17)13(9)20(14)2/h4-6H,3,18H2,1-2H3/b8-6-. The fourth-order valence-corrected chi connectivity index (χ4v) is 2.81. The van der Waals surface area contributed by atoms with Crippen molar-refractivity contribution >= 4 is 45.6 Å². The Morgan fingerprint density at radius 2 is 2.18 bits per heavy atom. The van der Waals surface area contributed by atoms with Gasteiger partial charge < -0.3 is 15.0 Å². The number of hydrogen-bond acceptors (Lipinski definition) is 4. The van der Waals surface area contributed by atoms with Crippen LogP contribution in [-0.4, -0.2) is 17.1 Å². The van der Waals surface area contributed by atoms with E-state index in [2.05, 4.69) is 0 Å². The van der Waals surface area contributed by atoms with Crippen molar-refractivity contribution in [1.82, 2.24) is 4.57 Å². The first kappa shape index (κ1) is 16.2. The molecule has 0 aliphatic heterocycles. The molecular formula is C15H13Cl2N3O2. The summed E-state index contributed by atoms with van der Waals surface area (Å²) in [6.07, 6.45) is 1.15. The van der Waals surface area contributed by atoms with Crippen molar-refractivity contribution in [1.29, 1.82) is 5.26 Å². The molecule has 22 heavy (non-hydrogen) atoms. The van der Waals surface area contributed by atoms with E-state index in [0.717, 1.165) is 6.20 Å². The Hall–Kier alpha value is -2.16. The first-order valence-electron chi connectivity index (χ1n) is 6.43. The van der Waals surface area contributed by atoms with Crippen LogP contribution in [0.2, 0.25) is 10.0 Å². The summed E-state index contributed by atoms with van der Waals surface area (Å²) in [5.41, 5.74) is 6.82. The van der Waals surface area contributed by atoms with Gasteiger partial charge in [-0.25, -0.2) is 4.79 Å². The summed E-state index contributed by atoms with van der Waals surface area (Å²) in [6, 6.07) is 5.29. The lowest BCUT2D eigenvalue weighted by Crippen LogP contribution is -2.12. The predicted molar refractivity (Wildman–Crippen MR) is 86.7 cm³/mol. The van der Waals surface area contributed by atoms with Crippen molar-refractivity contribution in [3.8, 4) is 6.07 Å². The van der Waals surface area contributed by atoms with Crippen LogP contribution in [0, 0.1) is 11.3 Å². The number of fused-ring (bicyclic) bond motifs is 1. The van der Waals surface area contributed by atoms with Crippen molar-refractivity contribution in [2.45, 2.75) is 6.92 Å². The summed E-state index contributed by atoms with van der Waals surface area (Å²) >= 11 is 12.3. The molecule has 7 heteroatoms. The number of nitriles is 1. The van der Waals surface area contributed by atoms with Crippen molar-refractivity contribution in [3.63, 3.8) is 0 Å². The maximum absolute atomic E-state index is 12.3. The first-order valence-corrected chi connectivity index (χ1v) is 7.19. The fraction of sp³-hybridized carbons (Fsp3) is 0.200. The lowest BCUT2D eigenvalue weighted by atomic mass is 10.0. The Labute approximate surface area is 137 Å². The monoisotopic (exact) mass is 337 g/mol. The van der Waals surface area contributed by atoms with Crippen LogP contribution < -0.4 is 5.73 Å². The van der Waals surface area contributed by atoms with Gasteiger partial charge in [-0.1, -0.05) is 29.3 Å². The average molecular weight is 338 g/mol. The molecule has 0 saturated carbocycles. The zero-order valence-electron chi connectivity index (χ0n) is 12.0. The number of aryl methyl sites for hydroxylation is 1. The minimum Gasteiger partial charge on any atom is -0.461 e. The molecule has 0 aliphatic rings. The summed E-state index contributed by atoms with van der Waals surface area (Å²) in [4.78, 5) is 12.3. The highest BCUT2D eigenvalue weighted by molar-refractivity contribution is 6.45. The second-order valence-corrected chi connectivity index (χ2v) is 5.24. The van der Waals surface area contributed by atoms with Gasteiger partial charge in [0.15, 0.2) is 0 Å². The highest BCUT2D eigenvalue weighted by Gasteiger charge is 2.26. The number of halogens is 2. The number of esters is 1. The Bertz CT molecular complexity index is 832. The molecule has 0 unspecified atom stereocenters. The van der Waals surface area contributed by atoms with Crippen LogP contribution in [0.1, 0.15) is 23.0 Å². The van der Waals surface area contributed by atoms with Crippen LogP contribution in [0.5, 0.6) is 0 Å². The highest BCUT2D eigenvalue weighted by atomic mass is 35.5. The molecule has 1 aromatic carbocycles. The summed E-state index contributed by atoms with van der Waals surface area (Å²) in [5.74, 6) is -0.557. The van der Waals surface area contributed by atoms with Gasteiger partial charge in [-0.05, 0) is 13.0 Å². The maximum atomic E-state index is 12.3. The number of rotatable bonds is 3. The summed E-state index contributed by atoms with van der Waals surface area (Å²) < 4.78 is 6.64. The lowest BCUT2D eigenvalue weighted by molar-refractivity contribution is 0.0515. The van der Waals surface area contributed by atoms with E-state index in [-0.39, 0.29) is 17.9 Å². The van der Waals surface area contributed by atoms with Gasteiger partial charge in [-0.3, -0.25) is 0 Å². The lowest BCUT2D eigenvalue weighted by Gasteiger charge is -2.06. The van der Waals surface area contributed by atoms with Gasteiger partial charge in [0.2, 0.25) is 0 Å². The van der Waals surface area contributed by atoms with Gasteiger partial charge in [-0.15, -0.1) is 0 Å². The van der Waals surface area contributed by atoms with Crippen molar-refractivity contribution in [3.05, 3.63) is 39.6 Å². The van der Waals surface area contributed by atoms with Crippen molar-refractivity contribution in [2.75, 3.05) is 6.61 Å². The highest BCUT2D eigenvalue weighted by Crippen LogP contribution is 2.38. The Morgan fingerprint density at radius 3 is 2.73 bits per heavy atom. The van der Waals surface area contributed by atoms with Crippen LogP contribution >= 0.6 is 23.2 Å². The third-order valence-corrected chi connectivity index (χ3v) is 4.07. The van der Waals surface area contributed by atoms with E-state index in [9.17, 15) is 10.1 Å². The van der Waals surface area contributed by atoms with E-state index in [1.54, 1.807) is 30.7 Å². The molecule has 5 nitrogen and oxygen atoms in total. The Kier molecular flexibility index (Phi) is 4.65. The van der Waals surface area contributed by atoms with E-state index in [1.807, 2.05) is 6.07 Å². The molecule has 1 aromatic heterocycles. The molecule has 2 aromatic rings. The third-order valence-electron chi connectivity index (χ3n) is 3.27. The number of carbonyl (C=O) groups excluding carboxylic acids is 1. The average Bonchev–Trinajstić information content (AvgIpc) is 2.78.